The number of phenols is 1. The molecule has 2 rings (SSSR count). The molecule has 21 heavy (non-hydrogen) atoms. The van der Waals surface area contributed by atoms with Crippen molar-refractivity contribution in [3.63, 3.8) is 0 Å². The maximum absolute atomic E-state index is 11.5. The Morgan fingerprint density at radius 3 is 2.71 bits per heavy atom. The Bertz CT molecular complexity index is 654. The van der Waals surface area contributed by atoms with E-state index >= 15 is 0 Å². The molecule has 2 aromatic carbocycles. The molecule has 0 aromatic heterocycles. The lowest BCUT2D eigenvalue weighted by molar-refractivity contribution is -0.138. The molecule has 0 aliphatic rings. The summed E-state index contributed by atoms with van der Waals surface area (Å²) in [5.74, 6) is -1.13. The number of benzene rings is 2. The van der Waals surface area contributed by atoms with Crippen LogP contribution in [-0.4, -0.2) is 23.3 Å². The van der Waals surface area contributed by atoms with Crippen LogP contribution >= 0.6 is 11.6 Å². The topological polar surface area (TPSA) is 66.8 Å². The second kappa shape index (κ2) is 6.50. The molecule has 0 saturated heterocycles. The fourth-order valence-electron chi connectivity index (χ4n) is 2.14. The van der Waals surface area contributed by atoms with E-state index in [4.69, 9.17) is 16.3 Å². The van der Waals surface area contributed by atoms with Gasteiger partial charge in [0.25, 0.3) is 0 Å². The van der Waals surface area contributed by atoms with Crippen LogP contribution in [0.3, 0.4) is 0 Å². The minimum absolute atomic E-state index is 0.0357. The zero-order valence-electron chi connectivity index (χ0n) is 11.4. The van der Waals surface area contributed by atoms with Crippen LogP contribution in [0.4, 0.5) is 0 Å². The molecular formula is C16H15ClO4. The molecule has 1 unspecified atom stereocenters. The van der Waals surface area contributed by atoms with Crippen LogP contribution in [0.1, 0.15) is 17.0 Å². The minimum atomic E-state index is -0.970. The lowest BCUT2D eigenvalue weighted by Crippen LogP contribution is -2.14. The number of rotatable bonds is 5. The Balaban J connectivity index is 2.35. The maximum Gasteiger partial charge on any atom is 0.311 e. The maximum atomic E-state index is 11.5. The quantitative estimate of drug-likeness (QED) is 0.887. The Morgan fingerprint density at radius 1 is 1.29 bits per heavy atom. The zero-order valence-corrected chi connectivity index (χ0v) is 12.2. The molecule has 1 atom stereocenters. The molecule has 0 aliphatic carbocycles. The molecule has 0 amide bonds. The molecule has 2 N–H and O–H groups in total. The first-order valence-corrected chi connectivity index (χ1v) is 6.73. The van der Waals surface area contributed by atoms with Crippen molar-refractivity contribution in [2.75, 3.05) is 7.11 Å². The number of aliphatic carboxylic acids is 1. The SMILES string of the molecule is COc1cccc(C(Cc2cc(Cl)ccc2O)C(=O)O)c1. The Labute approximate surface area is 127 Å². The molecule has 0 fully saturated rings. The van der Waals surface area contributed by atoms with Gasteiger partial charge in [-0.05, 0) is 47.9 Å². The summed E-state index contributed by atoms with van der Waals surface area (Å²) in [7, 11) is 1.53. The number of carbonyl (C=O) groups is 1. The van der Waals surface area contributed by atoms with Gasteiger partial charge in [-0.2, -0.15) is 0 Å². The van der Waals surface area contributed by atoms with E-state index in [1.165, 1.54) is 13.2 Å². The van der Waals surface area contributed by atoms with Gasteiger partial charge in [0.2, 0.25) is 0 Å². The highest BCUT2D eigenvalue weighted by molar-refractivity contribution is 6.30. The van der Waals surface area contributed by atoms with Crippen LogP contribution in [0.5, 0.6) is 11.5 Å². The van der Waals surface area contributed by atoms with Crippen LogP contribution in [0.15, 0.2) is 42.5 Å². The first-order chi connectivity index (χ1) is 10.0. The van der Waals surface area contributed by atoms with E-state index < -0.39 is 11.9 Å². The van der Waals surface area contributed by atoms with E-state index in [-0.39, 0.29) is 12.2 Å². The number of phenolic OH excluding ortho intramolecular Hbond substituents is 1. The van der Waals surface area contributed by atoms with Gasteiger partial charge in [-0.25, -0.2) is 0 Å². The molecule has 5 heteroatoms. The van der Waals surface area contributed by atoms with Gasteiger partial charge < -0.3 is 14.9 Å². The first-order valence-electron chi connectivity index (χ1n) is 6.35. The van der Waals surface area contributed by atoms with Crippen molar-refractivity contribution in [3.05, 3.63) is 58.6 Å². The highest BCUT2D eigenvalue weighted by Crippen LogP contribution is 2.29. The number of ether oxygens (including phenoxy) is 1. The predicted molar refractivity (Wildman–Crippen MR) is 80.2 cm³/mol. The summed E-state index contributed by atoms with van der Waals surface area (Å²) in [6, 6.07) is 11.5. The molecular weight excluding hydrogens is 292 g/mol. The van der Waals surface area contributed by atoms with Gasteiger partial charge >= 0.3 is 5.97 Å². The number of aromatic hydroxyl groups is 1. The number of methoxy groups -OCH3 is 1. The fourth-order valence-corrected chi connectivity index (χ4v) is 2.34. The Hall–Kier alpha value is -2.20. The van der Waals surface area contributed by atoms with E-state index in [0.29, 0.717) is 21.9 Å². The van der Waals surface area contributed by atoms with Gasteiger partial charge in [-0.15, -0.1) is 0 Å². The Kier molecular flexibility index (Phi) is 4.70. The number of carboxylic acid groups (broad SMARTS) is 1. The third kappa shape index (κ3) is 3.67. The second-order valence-corrected chi connectivity index (χ2v) is 5.08. The summed E-state index contributed by atoms with van der Waals surface area (Å²) in [5.41, 5.74) is 1.11. The smallest absolute Gasteiger partial charge is 0.311 e. The molecule has 0 spiro atoms. The lowest BCUT2D eigenvalue weighted by atomic mass is 9.91. The zero-order chi connectivity index (χ0) is 15.4. The van der Waals surface area contributed by atoms with Gasteiger partial charge in [0.15, 0.2) is 0 Å². The van der Waals surface area contributed by atoms with Gasteiger partial charge in [0.05, 0.1) is 13.0 Å². The second-order valence-electron chi connectivity index (χ2n) is 4.64. The van der Waals surface area contributed by atoms with Crippen LogP contribution in [0.25, 0.3) is 0 Å². The van der Waals surface area contributed by atoms with Gasteiger partial charge in [0, 0.05) is 5.02 Å². The third-order valence-corrected chi connectivity index (χ3v) is 3.49. The molecule has 4 nitrogen and oxygen atoms in total. The van der Waals surface area contributed by atoms with Crippen molar-refractivity contribution in [1.82, 2.24) is 0 Å². The number of halogens is 1. The normalized spacial score (nSPS) is 11.9. The van der Waals surface area contributed by atoms with Crippen molar-refractivity contribution in [2.45, 2.75) is 12.3 Å². The van der Waals surface area contributed by atoms with Crippen molar-refractivity contribution >= 4 is 17.6 Å². The van der Waals surface area contributed by atoms with E-state index in [1.807, 2.05) is 0 Å². The molecule has 0 bridgehead atoms. The summed E-state index contributed by atoms with van der Waals surface area (Å²) >= 11 is 5.89. The summed E-state index contributed by atoms with van der Waals surface area (Å²) in [4.78, 5) is 11.5. The predicted octanol–water partition coefficient (Wildman–Crippen LogP) is 3.47. The highest BCUT2D eigenvalue weighted by Gasteiger charge is 2.22. The average Bonchev–Trinajstić information content (AvgIpc) is 2.47. The summed E-state index contributed by atoms with van der Waals surface area (Å²) in [6.07, 6.45) is 0.148. The van der Waals surface area contributed by atoms with Crippen molar-refractivity contribution < 1.29 is 19.7 Å². The summed E-state index contributed by atoms with van der Waals surface area (Å²) in [6.45, 7) is 0. The monoisotopic (exact) mass is 306 g/mol. The lowest BCUT2D eigenvalue weighted by Gasteiger charge is -2.15. The van der Waals surface area contributed by atoms with Crippen LogP contribution in [0, 0.1) is 0 Å². The van der Waals surface area contributed by atoms with E-state index in [1.54, 1.807) is 36.4 Å². The van der Waals surface area contributed by atoms with Crippen LogP contribution in [0.2, 0.25) is 5.02 Å². The summed E-state index contributed by atoms with van der Waals surface area (Å²) < 4.78 is 5.11. The fraction of sp³-hybridized carbons (Fsp3) is 0.188. The molecule has 0 radical (unpaired) electrons. The molecule has 2 aromatic rings. The standard InChI is InChI=1S/C16H15ClO4/c1-21-13-4-2-3-10(8-13)14(16(19)20)9-11-7-12(17)5-6-15(11)18/h2-8,14,18H,9H2,1H3,(H,19,20). The molecule has 110 valence electrons. The largest absolute Gasteiger partial charge is 0.508 e. The van der Waals surface area contributed by atoms with E-state index in [0.717, 1.165) is 0 Å². The number of carboxylic acids is 1. The van der Waals surface area contributed by atoms with Gasteiger partial charge in [-0.1, -0.05) is 23.7 Å². The minimum Gasteiger partial charge on any atom is -0.508 e. The van der Waals surface area contributed by atoms with Gasteiger partial charge in [0.1, 0.15) is 11.5 Å². The van der Waals surface area contributed by atoms with Crippen molar-refractivity contribution in [3.8, 4) is 11.5 Å². The van der Waals surface area contributed by atoms with Crippen LogP contribution < -0.4 is 4.74 Å². The van der Waals surface area contributed by atoms with Gasteiger partial charge in [-0.3, -0.25) is 4.79 Å². The van der Waals surface area contributed by atoms with Crippen LogP contribution in [-0.2, 0) is 11.2 Å². The molecule has 0 saturated carbocycles. The molecule has 0 aliphatic heterocycles. The molecule has 0 heterocycles. The van der Waals surface area contributed by atoms with Crippen molar-refractivity contribution in [1.29, 1.82) is 0 Å². The van der Waals surface area contributed by atoms with Crippen molar-refractivity contribution in [2.24, 2.45) is 0 Å². The number of hydrogen-bond donors (Lipinski definition) is 2. The van der Waals surface area contributed by atoms with E-state index in [2.05, 4.69) is 0 Å². The average molecular weight is 307 g/mol. The Morgan fingerprint density at radius 2 is 2.05 bits per heavy atom. The van der Waals surface area contributed by atoms with E-state index in [9.17, 15) is 15.0 Å². The highest BCUT2D eigenvalue weighted by atomic mass is 35.5. The number of hydrogen-bond acceptors (Lipinski definition) is 3. The first kappa shape index (κ1) is 15.2. The summed E-state index contributed by atoms with van der Waals surface area (Å²) in [5, 5.41) is 19.7. The third-order valence-electron chi connectivity index (χ3n) is 3.26.